The fourth-order valence-electron chi connectivity index (χ4n) is 4.90. The third kappa shape index (κ3) is 4.07. The molecule has 3 aromatic rings. The summed E-state index contributed by atoms with van der Waals surface area (Å²) in [5.74, 6) is -0.607. The molecule has 5 rings (SSSR count). The van der Waals surface area contributed by atoms with Crippen molar-refractivity contribution >= 4 is 39.0 Å². The smallest absolute Gasteiger partial charge is 0.259 e. The van der Waals surface area contributed by atoms with Crippen LogP contribution in [0.5, 0.6) is 0 Å². The van der Waals surface area contributed by atoms with Gasteiger partial charge in [-0.15, -0.1) is 0 Å². The number of carbonyl (C=O) groups excluding carboxylic acids is 2. The molecule has 0 unspecified atom stereocenters. The predicted octanol–water partition coefficient (Wildman–Crippen LogP) is 7.05. The maximum absolute atomic E-state index is 14.1. The average molecular weight is 519 g/mol. The number of ketones is 1. The fraction of sp³-hybridized carbons (Fsp3) is 0.214. The van der Waals surface area contributed by atoms with E-state index in [1.165, 1.54) is 12.1 Å². The Morgan fingerprint density at radius 2 is 1.68 bits per heavy atom. The van der Waals surface area contributed by atoms with Gasteiger partial charge in [-0.1, -0.05) is 54.0 Å². The number of carbonyl (C=O) groups is 2. The van der Waals surface area contributed by atoms with Crippen LogP contribution < -0.4 is 10.2 Å². The van der Waals surface area contributed by atoms with Crippen LogP contribution in [0.15, 0.2) is 88.5 Å². The highest BCUT2D eigenvalue weighted by Crippen LogP contribution is 2.48. The summed E-state index contributed by atoms with van der Waals surface area (Å²) in [4.78, 5) is 29.4. The van der Waals surface area contributed by atoms with Crippen molar-refractivity contribution in [1.82, 2.24) is 0 Å². The lowest BCUT2D eigenvalue weighted by Gasteiger charge is -2.37. The number of nitrogens with zero attached hydrogens (tertiary/aromatic N) is 1. The van der Waals surface area contributed by atoms with Gasteiger partial charge in [0.25, 0.3) is 5.91 Å². The molecular formula is C28H24BrFN2O2. The first-order valence-corrected chi connectivity index (χ1v) is 12.0. The van der Waals surface area contributed by atoms with E-state index in [1.54, 1.807) is 29.2 Å². The molecule has 0 radical (unpaired) electrons. The molecule has 1 aliphatic carbocycles. The molecule has 0 aromatic heterocycles. The zero-order valence-electron chi connectivity index (χ0n) is 18.9. The van der Waals surface area contributed by atoms with E-state index in [2.05, 4.69) is 35.1 Å². The SMILES string of the molecule is CC1(C)CC(=O)C2=C(C1)Nc1ccccc1N(C(=O)c1ccc(Br)cc1)[C@@H]2c1ccc(F)cc1. The number of Topliss-reactive ketones (excluding diaryl/α,β-unsaturated/α-hetero) is 1. The van der Waals surface area contributed by atoms with Crippen LogP contribution >= 0.6 is 15.9 Å². The van der Waals surface area contributed by atoms with Gasteiger partial charge >= 0.3 is 0 Å². The first-order chi connectivity index (χ1) is 16.2. The quantitative estimate of drug-likeness (QED) is 0.395. The summed E-state index contributed by atoms with van der Waals surface area (Å²) in [6.45, 7) is 4.15. The van der Waals surface area contributed by atoms with Gasteiger partial charge in [0.15, 0.2) is 5.78 Å². The number of benzene rings is 3. The highest BCUT2D eigenvalue weighted by molar-refractivity contribution is 9.10. The number of hydrogen-bond acceptors (Lipinski definition) is 3. The molecule has 1 N–H and O–H groups in total. The van der Waals surface area contributed by atoms with Crippen molar-refractivity contribution in [2.45, 2.75) is 32.7 Å². The number of rotatable bonds is 2. The first-order valence-electron chi connectivity index (χ1n) is 11.2. The number of hydrogen-bond donors (Lipinski definition) is 1. The van der Waals surface area contributed by atoms with Gasteiger partial charge in [0.05, 0.1) is 17.4 Å². The Bertz CT molecular complexity index is 1310. The highest BCUT2D eigenvalue weighted by Gasteiger charge is 2.43. The molecule has 1 aliphatic heterocycles. The fourth-order valence-corrected chi connectivity index (χ4v) is 5.17. The van der Waals surface area contributed by atoms with Crippen molar-refractivity contribution in [2.24, 2.45) is 5.41 Å². The van der Waals surface area contributed by atoms with Gasteiger partial charge in [0, 0.05) is 27.7 Å². The monoisotopic (exact) mass is 518 g/mol. The number of halogens is 2. The van der Waals surface area contributed by atoms with Crippen LogP contribution in [0, 0.1) is 11.2 Å². The molecule has 4 nitrogen and oxygen atoms in total. The minimum absolute atomic E-state index is 0.00510. The molecule has 0 bridgehead atoms. The molecule has 0 fully saturated rings. The molecule has 1 atom stereocenters. The lowest BCUT2D eigenvalue weighted by atomic mass is 9.73. The average Bonchev–Trinajstić information content (AvgIpc) is 2.93. The van der Waals surface area contributed by atoms with Crippen molar-refractivity contribution in [3.8, 4) is 0 Å². The maximum Gasteiger partial charge on any atom is 0.259 e. The Kier molecular flexibility index (Phi) is 5.64. The second-order valence-corrected chi connectivity index (χ2v) is 10.5. The predicted molar refractivity (Wildman–Crippen MR) is 135 cm³/mol. The minimum Gasteiger partial charge on any atom is -0.357 e. The Labute approximate surface area is 206 Å². The number of nitrogens with one attached hydrogen (secondary N) is 1. The van der Waals surface area contributed by atoms with E-state index in [9.17, 15) is 14.0 Å². The zero-order chi connectivity index (χ0) is 24.0. The zero-order valence-corrected chi connectivity index (χ0v) is 20.5. The number of amides is 1. The van der Waals surface area contributed by atoms with Crippen LogP contribution in [0.3, 0.4) is 0 Å². The molecule has 2 aliphatic rings. The Hall–Kier alpha value is -3.25. The van der Waals surface area contributed by atoms with Crippen LogP contribution in [0.1, 0.15) is 48.7 Å². The van der Waals surface area contributed by atoms with E-state index in [0.29, 0.717) is 35.2 Å². The Morgan fingerprint density at radius 3 is 2.38 bits per heavy atom. The molecule has 172 valence electrons. The van der Waals surface area contributed by atoms with Crippen molar-refractivity contribution < 1.29 is 14.0 Å². The van der Waals surface area contributed by atoms with Crippen molar-refractivity contribution in [2.75, 3.05) is 10.2 Å². The Balaban J connectivity index is 1.78. The number of anilines is 2. The van der Waals surface area contributed by atoms with E-state index in [1.807, 2.05) is 36.4 Å². The molecule has 6 heteroatoms. The molecule has 0 saturated carbocycles. The molecule has 0 spiro atoms. The molecule has 34 heavy (non-hydrogen) atoms. The summed E-state index contributed by atoms with van der Waals surface area (Å²) >= 11 is 3.43. The lowest BCUT2D eigenvalue weighted by molar-refractivity contribution is -0.118. The van der Waals surface area contributed by atoms with E-state index >= 15 is 0 Å². The second kappa shape index (κ2) is 8.51. The van der Waals surface area contributed by atoms with Gasteiger partial charge in [-0.3, -0.25) is 14.5 Å². The van der Waals surface area contributed by atoms with Gasteiger partial charge in [-0.2, -0.15) is 0 Å². The highest BCUT2D eigenvalue weighted by atomic mass is 79.9. The van der Waals surface area contributed by atoms with Crippen molar-refractivity contribution in [3.63, 3.8) is 0 Å². The normalized spacial score (nSPS) is 19.1. The van der Waals surface area contributed by atoms with E-state index in [0.717, 1.165) is 15.9 Å². The second-order valence-electron chi connectivity index (χ2n) is 9.61. The largest absolute Gasteiger partial charge is 0.357 e. The standard InChI is InChI=1S/C28H24BrFN2O2/c1-28(2)15-22-25(24(33)16-28)26(17-9-13-20(30)14-10-17)32(23-6-4-3-5-21(23)31-22)27(34)18-7-11-19(29)12-8-18/h3-14,26,31H,15-16H2,1-2H3/t26-/m1/s1. The summed E-state index contributed by atoms with van der Waals surface area (Å²) in [5.41, 5.74) is 3.78. The molecule has 1 heterocycles. The molecule has 3 aromatic carbocycles. The summed E-state index contributed by atoms with van der Waals surface area (Å²) in [6.07, 6.45) is 1.04. The van der Waals surface area contributed by atoms with Crippen molar-refractivity contribution in [3.05, 3.63) is 105 Å². The maximum atomic E-state index is 14.1. The Morgan fingerprint density at radius 1 is 1.00 bits per heavy atom. The molecular weight excluding hydrogens is 495 g/mol. The third-order valence-corrected chi connectivity index (χ3v) is 6.93. The van der Waals surface area contributed by atoms with Crippen molar-refractivity contribution in [1.29, 1.82) is 0 Å². The van der Waals surface area contributed by atoms with Crippen LogP contribution in [0.4, 0.5) is 15.8 Å². The summed E-state index contributed by atoms with van der Waals surface area (Å²) in [6, 6.07) is 20.1. The van der Waals surface area contributed by atoms with Gasteiger partial charge in [0.2, 0.25) is 0 Å². The number of fused-ring (bicyclic) bond motifs is 1. The topological polar surface area (TPSA) is 49.4 Å². The van der Waals surface area contributed by atoms with Crippen LogP contribution in [0.25, 0.3) is 0 Å². The van der Waals surface area contributed by atoms with E-state index < -0.39 is 6.04 Å². The summed E-state index contributed by atoms with van der Waals surface area (Å²) in [5, 5.41) is 3.49. The van der Waals surface area contributed by atoms with Gasteiger partial charge < -0.3 is 5.32 Å². The summed E-state index contributed by atoms with van der Waals surface area (Å²) in [7, 11) is 0. The first kappa shape index (κ1) is 22.5. The molecule has 0 saturated heterocycles. The summed E-state index contributed by atoms with van der Waals surface area (Å²) < 4.78 is 14.7. The van der Waals surface area contributed by atoms with Gasteiger partial charge in [0.1, 0.15) is 5.82 Å². The van der Waals surface area contributed by atoms with Gasteiger partial charge in [-0.25, -0.2) is 4.39 Å². The van der Waals surface area contributed by atoms with Gasteiger partial charge in [-0.05, 0) is 65.9 Å². The van der Waals surface area contributed by atoms with Crippen LogP contribution in [-0.4, -0.2) is 11.7 Å². The van der Waals surface area contributed by atoms with Crippen LogP contribution in [0.2, 0.25) is 0 Å². The minimum atomic E-state index is -0.688. The van der Waals surface area contributed by atoms with E-state index in [-0.39, 0.29) is 22.9 Å². The van der Waals surface area contributed by atoms with E-state index in [4.69, 9.17) is 0 Å². The molecule has 1 amide bonds. The third-order valence-electron chi connectivity index (χ3n) is 6.40. The lowest BCUT2D eigenvalue weighted by Crippen LogP contribution is -2.39. The number of para-hydroxylation sites is 2. The number of allylic oxidation sites excluding steroid dienone is 1. The van der Waals surface area contributed by atoms with Crippen LogP contribution in [-0.2, 0) is 4.79 Å².